The zero-order valence-electron chi connectivity index (χ0n) is 5.68. The van der Waals surface area contributed by atoms with Crippen LogP contribution in [0.3, 0.4) is 0 Å². The number of nitrogens with two attached hydrogens (primary N) is 1. The molecule has 0 aromatic heterocycles. The molecule has 0 aromatic rings. The Morgan fingerprint density at radius 2 is 1.90 bits per heavy atom. The van der Waals surface area contributed by atoms with Crippen molar-refractivity contribution in [2.24, 2.45) is 5.73 Å². The van der Waals surface area contributed by atoms with Gasteiger partial charge in [-0.15, -0.1) is 0 Å². The second-order valence-corrected chi connectivity index (χ2v) is 2.24. The Hall–Kier alpha value is -0.120. The van der Waals surface area contributed by atoms with E-state index in [2.05, 4.69) is 4.90 Å². The van der Waals surface area contributed by atoms with Crippen LogP contribution in [0, 0.1) is 0 Å². The van der Waals surface area contributed by atoms with Gasteiger partial charge >= 0.3 is 0 Å². The molecule has 0 radical (unpaired) electrons. The van der Waals surface area contributed by atoms with Gasteiger partial charge in [0.25, 0.3) is 0 Å². The predicted molar refractivity (Wildman–Crippen MR) is 43.0 cm³/mol. The fourth-order valence-corrected chi connectivity index (χ4v) is 1.01. The summed E-state index contributed by atoms with van der Waals surface area (Å²) in [6, 6.07) is 0. The van der Waals surface area contributed by atoms with Crippen molar-refractivity contribution >= 4 is 0 Å². The topological polar surface area (TPSA) is 38.5 Å². The Morgan fingerprint density at radius 1 is 1.30 bits per heavy atom. The van der Waals surface area contributed by atoms with Crippen LogP contribution in [-0.4, -0.2) is 44.3 Å². The van der Waals surface area contributed by atoms with Gasteiger partial charge in [0.05, 0.1) is 13.2 Å². The summed E-state index contributed by atoms with van der Waals surface area (Å²) < 4.78 is 5.16. The molecule has 0 aliphatic carbocycles. The summed E-state index contributed by atoms with van der Waals surface area (Å²) in [5.41, 5.74) is 5.38. The monoisotopic (exact) mass is 146 g/mol. The summed E-state index contributed by atoms with van der Waals surface area (Å²) in [7, 11) is 0. The van der Waals surface area contributed by atoms with E-state index in [0.717, 1.165) is 39.4 Å². The fraction of sp³-hybridized carbons (Fsp3) is 1.00. The zero-order chi connectivity index (χ0) is 6.53. The van der Waals surface area contributed by atoms with Crippen LogP contribution in [0.15, 0.2) is 0 Å². The van der Waals surface area contributed by atoms with Gasteiger partial charge in [0, 0.05) is 26.2 Å². The fourth-order valence-electron chi connectivity index (χ4n) is 1.01. The minimum Gasteiger partial charge on any atom is -0.379 e. The molecule has 0 unspecified atom stereocenters. The van der Waals surface area contributed by atoms with Crippen molar-refractivity contribution in [1.29, 1.82) is 0 Å². The van der Waals surface area contributed by atoms with Crippen LogP contribution in [0.4, 0.5) is 0 Å². The van der Waals surface area contributed by atoms with E-state index >= 15 is 0 Å². The molecular weight excluding hydrogens is 128 g/mol. The minimum atomic E-state index is 0. The van der Waals surface area contributed by atoms with E-state index in [-0.39, 0.29) is 7.43 Å². The molecule has 1 rings (SSSR count). The molecule has 10 heavy (non-hydrogen) atoms. The first-order valence-corrected chi connectivity index (χ1v) is 3.43. The van der Waals surface area contributed by atoms with Crippen molar-refractivity contribution in [3.05, 3.63) is 0 Å². The Kier molecular flexibility index (Phi) is 5.58. The van der Waals surface area contributed by atoms with Crippen molar-refractivity contribution in [2.75, 3.05) is 39.4 Å². The number of nitrogens with zero attached hydrogens (tertiary/aromatic N) is 1. The molecule has 1 saturated heterocycles. The van der Waals surface area contributed by atoms with E-state index in [1.807, 2.05) is 0 Å². The molecule has 2 N–H and O–H groups in total. The molecule has 1 fully saturated rings. The molecule has 0 amide bonds. The van der Waals surface area contributed by atoms with Gasteiger partial charge in [0.15, 0.2) is 0 Å². The minimum absolute atomic E-state index is 0. The van der Waals surface area contributed by atoms with Crippen molar-refractivity contribution < 1.29 is 4.74 Å². The lowest BCUT2D eigenvalue weighted by Crippen LogP contribution is -2.39. The van der Waals surface area contributed by atoms with E-state index in [9.17, 15) is 0 Å². The molecule has 62 valence electrons. The van der Waals surface area contributed by atoms with Crippen LogP contribution in [0.1, 0.15) is 7.43 Å². The second-order valence-electron chi connectivity index (χ2n) is 2.24. The second kappa shape index (κ2) is 5.65. The van der Waals surface area contributed by atoms with Crippen LogP contribution in [-0.2, 0) is 4.74 Å². The summed E-state index contributed by atoms with van der Waals surface area (Å²) in [6.45, 7) is 5.64. The van der Waals surface area contributed by atoms with Crippen molar-refractivity contribution in [2.45, 2.75) is 7.43 Å². The van der Waals surface area contributed by atoms with E-state index in [0.29, 0.717) is 0 Å². The highest BCUT2D eigenvalue weighted by atomic mass is 16.5. The van der Waals surface area contributed by atoms with Gasteiger partial charge in [-0.3, -0.25) is 4.90 Å². The molecule has 0 aromatic carbocycles. The van der Waals surface area contributed by atoms with Crippen LogP contribution >= 0.6 is 0 Å². The van der Waals surface area contributed by atoms with Crippen LogP contribution < -0.4 is 5.73 Å². The lowest BCUT2D eigenvalue weighted by atomic mass is 10.4. The highest BCUT2D eigenvalue weighted by Crippen LogP contribution is 1.93. The summed E-state index contributed by atoms with van der Waals surface area (Å²) in [5.74, 6) is 0. The maximum absolute atomic E-state index is 5.38. The number of rotatable bonds is 2. The summed E-state index contributed by atoms with van der Waals surface area (Å²) in [4.78, 5) is 2.32. The molecule has 1 aliphatic heterocycles. The molecule has 3 nitrogen and oxygen atoms in total. The maximum Gasteiger partial charge on any atom is 0.0594 e. The molecule has 0 spiro atoms. The quantitative estimate of drug-likeness (QED) is 0.592. The lowest BCUT2D eigenvalue weighted by Gasteiger charge is -2.25. The third-order valence-electron chi connectivity index (χ3n) is 1.55. The molecule has 0 bridgehead atoms. The van der Waals surface area contributed by atoms with Crippen molar-refractivity contribution in [3.8, 4) is 0 Å². The molecule has 1 aliphatic rings. The Morgan fingerprint density at radius 3 is 2.40 bits per heavy atom. The molecule has 1 heterocycles. The molecule has 0 atom stereocenters. The standard InChI is InChI=1S/C6H14N2O.CH4/c7-1-2-8-3-5-9-6-4-8;/h1-7H2;1H4. The SMILES string of the molecule is C.NCCN1CCOCC1. The first-order valence-electron chi connectivity index (χ1n) is 3.43. The van der Waals surface area contributed by atoms with Crippen molar-refractivity contribution in [1.82, 2.24) is 4.90 Å². The summed E-state index contributed by atoms with van der Waals surface area (Å²) in [5, 5.41) is 0. The third-order valence-corrected chi connectivity index (χ3v) is 1.55. The Labute approximate surface area is 63.1 Å². The van der Waals surface area contributed by atoms with E-state index in [4.69, 9.17) is 10.5 Å². The highest BCUT2D eigenvalue weighted by Gasteiger charge is 2.07. The van der Waals surface area contributed by atoms with Crippen molar-refractivity contribution in [3.63, 3.8) is 0 Å². The smallest absolute Gasteiger partial charge is 0.0594 e. The molecular formula is C7H18N2O. The van der Waals surface area contributed by atoms with Gasteiger partial charge in [0.2, 0.25) is 0 Å². The van der Waals surface area contributed by atoms with Crippen LogP contribution in [0.25, 0.3) is 0 Å². The Balaban J connectivity index is 0.000000810. The van der Waals surface area contributed by atoms with Crippen LogP contribution in [0.5, 0.6) is 0 Å². The third kappa shape index (κ3) is 3.15. The number of hydrogen-bond donors (Lipinski definition) is 1. The first kappa shape index (κ1) is 9.88. The predicted octanol–water partition coefficient (Wildman–Crippen LogP) is -0.0866. The summed E-state index contributed by atoms with van der Waals surface area (Å²) >= 11 is 0. The normalized spacial score (nSPS) is 20.1. The maximum atomic E-state index is 5.38. The zero-order valence-corrected chi connectivity index (χ0v) is 5.68. The summed E-state index contributed by atoms with van der Waals surface area (Å²) in [6.07, 6.45) is 0. The van der Waals surface area contributed by atoms with E-state index in [1.165, 1.54) is 0 Å². The number of ether oxygens (including phenoxy) is 1. The van der Waals surface area contributed by atoms with E-state index in [1.54, 1.807) is 0 Å². The molecule has 3 heteroatoms. The average molecular weight is 146 g/mol. The number of hydrogen-bond acceptors (Lipinski definition) is 3. The molecule has 0 saturated carbocycles. The van der Waals surface area contributed by atoms with Gasteiger partial charge in [-0.1, -0.05) is 7.43 Å². The largest absolute Gasteiger partial charge is 0.379 e. The van der Waals surface area contributed by atoms with Gasteiger partial charge in [0.1, 0.15) is 0 Å². The lowest BCUT2D eigenvalue weighted by molar-refractivity contribution is 0.0394. The highest BCUT2D eigenvalue weighted by molar-refractivity contribution is 4.60. The van der Waals surface area contributed by atoms with Gasteiger partial charge in [-0.2, -0.15) is 0 Å². The van der Waals surface area contributed by atoms with Gasteiger partial charge < -0.3 is 10.5 Å². The average Bonchev–Trinajstić information content (AvgIpc) is 1.91. The first-order chi connectivity index (χ1) is 4.43. The van der Waals surface area contributed by atoms with Crippen LogP contribution in [0.2, 0.25) is 0 Å². The van der Waals surface area contributed by atoms with Gasteiger partial charge in [-0.05, 0) is 0 Å². The number of morpholine rings is 1. The Bertz CT molecular complexity index is 69.3. The van der Waals surface area contributed by atoms with E-state index < -0.39 is 0 Å². The van der Waals surface area contributed by atoms with Gasteiger partial charge in [-0.25, -0.2) is 0 Å².